The third kappa shape index (κ3) is 3.80. The molecule has 1 aliphatic carbocycles. The van der Waals surface area contributed by atoms with Gasteiger partial charge in [-0.05, 0) is 91.1 Å². The summed E-state index contributed by atoms with van der Waals surface area (Å²) < 4.78 is 0. The van der Waals surface area contributed by atoms with E-state index < -0.39 is 0 Å². The Bertz CT molecular complexity index is 1720. The van der Waals surface area contributed by atoms with E-state index >= 15 is 0 Å². The minimum Gasteiger partial charge on any atom is -0.0950 e. The van der Waals surface area contributed by atoms with Crippen LogP contribution in [0.5, 0.6) is 0 Å². The highest BCUT2D eigenvalue weighted by molar-refractivity contribution is 6.24. The topological polar surface area (TPSA) is 0 Å². The van der Waals surface area contributed by atoms with Crippen LogP contribution in [0.25, 0.3) is 50.0 Å². The van der Waals surface area contributed by atoms with Gasteiger partial charge in [0.15, 0.2) is 0 Å². The number of benzene rings is 5. The highest BCUT2D eigenvalue weighted by Crippen LogP contribution is 2.41. The van der Waals surface area contributed by atoms with Gasteiger partial charge in [-0.1, -0.05) is 123 Å². The molecule has 0 radical (unpaired) electrons. The van der Waals surface area contributed by atoms with Crippen molar-refractivity contribution in [2.75, 3.05) is 0 Å². The van der Waals surface area contributed by atoms with E-state index in [1.165, 1.54) is 65.7 Å². The number of allylic oxidation sites excluding steroid dienone is 5. The zero-order chi connectivity index (χ0) is 24.6. The molecule has 5 aromatic rings. The van der Waals surface area contributed by atoms with Gasteiger partial charge in [-0.2, -0.15) is 0 Å². The van der Waals surface area contributed by atoms with Crippen molar-refractivity contribution in [2.24, 2.45) is 5.92 Å². The Morgan fingerprint density at radius 3 is 2.25 bits per heavy atom. The van der Waals surface area contributed by atoms with E-state index in [0.717, 1.165) is 6.42 Å². The SMILES string of the molecule is C=C(C1=Cc2c(c3ccc4ccccc4c3c3ccccc23)C=CC1)C(C)/C=C(\C)c1ccccc1. The molecular formula is C36H30. The Kier molecular flexibility index (Phi) is 5.66. The second kappa shape index (κ2) is 9.13. The lowest BCUT2D eigenvalue weighted by molar-refractivity contribution is 0.871. The van der Waals surface area contributed by atoms with Crippen molar-refractivity contribution in [3.63, 3.8) is 0 Å². The molecule has 0 heterocycles. The fraction of sp³-hybridized carbons (Fsp3) is 0.111. The molecule has 1 atom stereocenters. The Morgan fingerprint density at radius 1 is 0.750 bits per heavy atom. The van der Waals surface area contributed by atoms with E-state index in [2.05, 4.69) is 136 Å². The molecule has 0 N–H and O–H groups in total. The van der Waals surface area contributed by atoms with Gasteiger partial charge in [0.1, 0.15) is 0 Å². The van der Waals surface area contributed by atoms with Crippen LogP contribution in [0.4, 0.5) is 0 Å². The standard InChI is InChI=1S/C36H30/c1-24(22-25(2)27-12-5-4-6-13-27)26(3)29-15-11-19-32-34-21-20-28-14-7-8-16-30(28)36(34)33-18-10-9-17-31(33)35(32)23-29/h4-14,16-24H,3,15H2,1-2H3/b25-22+. The van der Waals surface area contributed by atoms with Crippen LogP contribution in [-0.2, 0) is 0 Å². The van der Waals surface area contributed by atoms with Crippen molar-refractivity contribution >= 4 is 50.0 Å². The van der Waals surface area contributed by atoms with Gasteiger partial charge in [0.05, 0.1) is 0 Å². The monoisotopic (exact) mass is 462 g/mol. The predicted molar refractivity (Wildman–Crippen MR) is 159 cm³/mol. The first-order valence-corrected chi connectivity index (χ1v) is 12.8. The number of hydrogen-bond acceptors (Lipinski definition) is 0. The van der Waals surface area contributed by atoms with Crippen LogP contribution in [0.3, 0.4) is 0 Å². The fourth-order valence-corrected chi connectivity index (χ4v) is 5.67. The van der Waals surface area contributed by atoms with Gasteiger partial charge in [0, 0.05) is 0 Å². The van der Waals surface area contributed by atoms with Gasteiger partial charge >= 0.3 is 0 Å². The number of hydrogen-bond donors (Lipinski definition) is 0. The highest BCUT2D eigenvalue weighted by Gasteiger charge is 2.18. The summed E-state index contributed by atoms with van der Waals surface area (Å²) in [7, 11) is 0. The number of fused-ring (bicyclic) bond motifs is 8. The maximum atomic E-state index is 4.58. The lowest BCUT2D eigenvalue weighted by atomic mass is 9.87. The van der Waals surface area contributed by atoms with Crippen molar-refractivity contribution < 1.29 is 0 Å². The average Bonchev–Trinajstić information content (AvgIpc) is 3.16. The molecule has 6 rings (SSSR count). The van der Waals surface area contributed by atoms with Gasteiger partial charge < -0.3 is 0 Å². The van der Waals surface area contributed by atoms with E-state index in [4.69, 9.17) is 0 Å². The zero-order valence-corrected chi connectivity index (χ0v) is 21.0. The largest absolute Gasteiger partial charge is 0.0950 e. The van der Waals surface area contributed by atoms with Crippen molar-refractivity contribution in [3.05, 3.63) is 138 Å². The van der Waals surface area contributed by atoms with E-state index in [0.29, 0.717) is 0 Å². The van der Waals surface area contributed by atoms with Crippen LogP contribution >= 0.6 is 0 Å². The summed E-state index contributed by atoms with van der Waals surface area (Å²) in [6, 6.07) is 32.8. The zero-order valence-electron chi connectivity index (χ0n) is 21.0. The molecule has 5 aromatic carbocycles. The minimum atomic E-state index is 0.252. The summed E-state index contributed by atoms with van der Waals surface area (Å²) >= 11 is 0. The molecule has 174 valence electrons. The van der Waals surface area contributed by atoms with Gasteiger partial charge in [0.2, 0.25) is 0 Å². The van der Waals surface area contributed by atoms with E-state index in [-0.39, 0.29) is 5.92 Å². The molecule has 0 aromatic heterocycles. The second-order valence-electron chi connectivity index (χ2n) is 9.89. The summed E-state index contributed by atoms with van der Waals surface area (Å²) in [5.74, 6) is 0.252. The molecule has 0 saturated heterocycles. The maximum Gasteiger partial charge on any atom is -0.000753 e. The van der Waals surface area contributed by atoms with Crippen LogP contribution in [0.2, 0.25) is 0 Å². The Hall–Kier alpha value is -4.16. The van der Waals surface area contributed by atoms with Gasteiger partial charge in [-0.15, -0.1) is 0 Å². The lowest BCUT2D eigenvalue weighted by Crippen LogP contribution is -1.99. The van der Waals surface area contributed by atoms with E-state index in [1.54, 1.807) is 0 Å². The van der Waals surface area contributed by atoms with E-state index in [9.17, 15) is 0 Å². The Balaban J connectivity index is 1.52. The lowest BCUT2D eigenvalue weighted by Gasteiger charge is -2.17. The van der Waals surface area contributed by atoms with Crippen molar-refractivity contribution in [3.8, 4) is 0 Å². The van der Waals surface area contributed by atoms with Crippen molar-refractivity contribution in [1.29, 1.82) is 0 Å². The molecule has 36 heavy (non-hydrogen) atoms. The average molecular weight is 463 g/mol. The molecule has 0 spiro atoms. The third-order valence-electron chi connectivity index (χ3n) is 7.63. The first-order valence-electron chi connectivity index (χ1n) is 12.8. The van der Waals surface area contributed by atoms with E-state index in [1.807, 2.05) is 0 Å². The normalized spacial score (nSPS) is 14.5. The molecule has 1 unspecified atom stereocenters. The van der Waals surface area contributed by atoms with Crippen LogP contribution < -0.4 is 0 Å². The molecule has 0 aliphatic heterocycles. The van der Waals surface area contributed by atoms with Crippen molar-refractivity contribution in [2.45, 2.75) is 20.3 Å². The summed E-state index contributed by atoms with van der Waals surface area (Å²) in [5, 5.41) is 7.87. The van der Waals surface area contributed by atoms with Crippen LogP contribution in [0.1, 0.15) is 37.0 Å². The smallest absolute Gasteiger partial charge is 0.000753 e. The van der Waals surface area contributed by atoms with Gasteiger partial charge in [0.25, 0.3) is 0 Å². The second-order valence-corrected chi connectivity index (χ2v) is 9.89. The Morgan fingerprint density at radius 2 is 1.44 bits per heavy atom. The molecule has 0 bridgehead atoms. The molecule has 1 aliphatic rings. The highest BCUT2D eigenvalue weighted by atomic mass is 14.2. The Labute approximate surface area is 213 Å². The van der Waals surface area contributed by atoms with Crippen LogP contribution in [0.15, 0.2) is 121 Å². The molecule has 0 nitrogen and oxygen atoms in total. The molecule has 0 fully saturated rings. The first-order chi connectivity index (χ1) is 17.6. The summed E-state index contributed by atoms with van der Waals surface area (Å²) in [5.41, 5.74) is 7.65. The molecule has 0 amide bonds. The molecular weight excluding hydrogens is 432 g/mol. The third-order valence-corrected chi connectivity index (χ3v) is 7.63. The molecule has 0 saturated carbocycles. The minimum absolute atomic E-state index is 0.252. The summed E-state index contributed by atoms with van der Waals surface area (Å²) in [6.07, 6.45) is 10.3. The van der Waals surface area contributed by atoms with Crippen LogP contribution in [0, 0.1) is 5.92 Å². The first kappa shape index (κ1) is 22.3. The van der Waals surface area contributed by atoms with Gasteiger partial charge in [-0.25, -0.2) is 0 Å². The fourth-order valence-electron chi connectivity index (χ4n) is 5.67. The maximum absolute atomic E-state index is 4.58. The quantitative estimate of drug-likeness (QED) is 0.233. The molecule has 0 heteroatoms. The van der Waals surface area contributed by atoms with Crippen LogP contribution in [-0.4, -0.2) is 0 Å². The summed E-state index contributed by atoms with van der Waals surface area (Å²) in [4.78, 5) is 0. The van der Waals surface area contributed by atoms with Gasteiger partial charge in [-0.3, -0.25) is 0 Å². The number of rotatable bonds is 4. The summed E-state index contributed by atoms with van der Waals surface area (Å²) in [6.45, 7) is 9.03. The predicted octanol–water partition coefficient (Wildman–Crippen LogP) is 10.2. The van der Waals surface area contributed by atoms with Crippen molar-refractivity contribution in [1.82, 2.24) is 0 Å².